The van der Waals surface area contributed by atoms with Crippen molar-refractivity contribution >= 4 is 17.2 Å². The first-order valence-corrected chi connectivity index (χ1v) is 7.80. The van der Waals surface area contributed by atoms with Crippen LogP contribution < -0.4 is 0 Å². The normalized spacial score (nSPS) is 23.8. The number of fused-ring (bicyclic) bond motifs is 4. The molecule has 0 aromatic carbocycles. The summed E-state index contributed by atoms with van der Waals surface area (Å²) >= 11 is 1.52. The van der Waals surface area contributed by atoms with Gasteiger partial charge in [0.1, 0.15) is 5.82 Å². The third kappa shape index (κ3) is 1.69. The Balaban J connectivity index is 1.74. The van der Waals surface area contributed by atoms with Gasteiger partial charge < -0.3 is 4.90 Å². The first-order valence-electron chi connectivity index (χ1n) is 6.92. The van der Waals surface area contributed by atoms with Crippen LogP contribution in [0.2, 0.25) is 0 Å². The topological polar surface area (TPSA) is 46.1 Å². The number of nitrogens with zero attached hydrogens (tertiary/aromatic N) is 3. The molecule has 4 heterocycles. The zero-order valence-corrected chi connectivity index (χ0v) is 12.1. The predicted octanol–water partition coefficient (Wildman–Crippen LogP) is 2.75. The highest BCUT2D eigenvalue weighted by Gasteiger charge is 2.43. The molecule has 0 N–H and O–H groups in total. The molecule has 2 aliphatic heterocycles. The van der Waals surface area contributed by atoms with Gasteiger partial charge in [0.05, 0.1) is 16.6 Å². The van der Waals surface area contributed by atoms with Crippen LogP contribution in [0.3, 0.4) is 0 Å². The zero-order valence-electron chi connectivity index (χ0n) is 11.2. The molecule has 0 spiro atoms. The van der Waals surface area contributed by atoms with E-state index >= 15 is 0 Å². The summed E-state index contributed by atoms with van der Waals surface area (Å²) in [5, 5.41) is 1.96. The molecule has 20 heavy (non-hydrogen) atoms. The lowest BCUT2D eigenvalue weighted by atomic mass is 9.99. The second-order valence-corrected chi connectivity index (χ2v) is 6.41. The Kier molecular flexibility index (Phi) is 2.63. The molecule has 0 saturated carbocycles. The van der Waals surface area contributed by atoms with Crippen LogP contribution in [0.5, 0.6) is 0 Å². The van der Waals surface area contributed by atoms with Gasteiger partial charge in [0.15, 0.2) is 0 Å². The summed E-state index contributed by atoms with van der Waals surface area (Å²) in [4.78, 5) is 24.5. The Morgan fingerprint density at radius 3 is 3.15 bits per heavy atom. The fraction of sp³-hybridized carbons (Fsp3) is 0.400. The average molecular weight is 285 g/mol. The number of hydrogen-bond acceptors (Lipinski definition) is 4. The Hall–Kier alpha value is -1.75. The summed E-state index contributed by atoms with van der Waals surface area (Å²) in [6.07, 6.45) is 4.88. The molecular weight excluding hydrogens is 270 g/mol. The van der Waals surface area contributed by atoms with E-state index in [1.54, 1.807) is 0 Å². The third-order valence-corrected chi connectivity index (χ3v) is 5.14. The van der Waals surface area contributed by atoms with Gasteiger partial charge in [-0.25, -0.2) is 9.97 Å². The number of carbonyl (C=O) groups is 1. The van der Waals surface area contributed by atoms with Crippen LogP contribution >= 0.6 is 11.3 Å². The molecule has 2 aliphatic rings. The van der Waals surface area contributed by atoms with Crippen LogP contribution in [-0.2, 0) is 6.42 Å². The van der Waals surface area contributed by atoms with Gasteiger partial charge in [-0.3, -0.25) is 4.79 Å². The molecule has 1 fully saturated rings. The average Bonchev–Trinajstić information content (AvgIpc) is 3.06. The molecule has 4 nitrogen and oxygen atoms in total. The van der Waals surface area contributed by atoms with Crippen molar-refractivity contribution in [2.24, 2.45) is 0 Å². The van der Waals surface area contributed by atoms with E-state index in [9.17, 15) is 4.79 Å². The van der Waals surface area contributed by atoms with Gasteiger partial charge in [0.25, 0.3) is 5.91 Å². The highest BCUT2D eigenvalue weighted by Crippen LogP contribution is 2.43. The SMILES string of the molecule is Cc1ncc2c(n1)C[C@@H]1CC[C@H]2N1C(=O)c1cccs1. The number of rotatable bonds is 1. The molecule has 2 aromatic rings. The number of hydrogen-bond donors (Lipinski definition) is 0. The van der Waals surface area contributed by atoms with Crippen molar-refractivity contribution in [1.29, 1.82) is 0 Å². The van der Waals surface area contributed by atoms with Crippen molar-refractivity contribution in [3.8, 4) is 0 Å². The van der Waals surface area contributed by atoms with Crippen molar-refractivity contribution in [2.75, 3.05) is 0 Å². The van der Waals surface area contributed by atoms with Crippen molar-refractivity contribution in [1.82, 2.24) is 14.9 Å². The van der Waals surface area contributed by atoms with E-state index in [2.05, 4.69) is 14.9 Å². The van der Waals surface area contributed by atoms with Gasteiger partial charge >= 0.3 is 0 Å². The summed E-state index contributed by atoms with van der Waals surface area (Å²) < 4.78 is 0. The van der Waals surface area contributed by atoms with E-state index in [1.165, 1.54) is 11.3 Å². The van der Waals surface area contributed by atoms with E-state index in [4.69, 9.17) is 0 Å². The lowest BCUT2D eigenvalue weighted by Crippen LogP contribution is -2.42. The number of amides is 1. The summed E-state index contributed by atoms with van der Waals surface area (Å²) in [5.74, 6) is 0.986. The van der Waals surface area contributed by atoms with Crippen LogP contribution in [-0.4, -0.2) is 26.8 Å². The monoisotopic (exact) mass is 285 g/mol. The lowest BCUT2D eigenvalue weighted by molar-refractivity contribution is 0.0649. The summed E-state index contributed by atoms with van der Waals surface area (Å²) in [7, 11) is 0. The quantitative estimate of drug-likeness (QED) is 0.809. The van der Waals surface area contributed by atoms with E-state index in [-0.39, 0.29) is 11.9 Å². The predicted molar refractivity (Wildman–Crippen MR) is 76.7 cm³/mol. The van der Waals surface area contributed by atoms with E-state index in [0.717, 1.165) is 41.2 Å². The van der Waals surface area contributed by atoms with E-state index < -0.39 is 0 Å². The smallest absolute Gasteiger partial charge is 0.264 e. The molecule has 0 unspecified atom stereocenters. The van der Waals surface area contributed by atoms with E-state index in [0.29, 0.717) is 6.04 Å². The van der Waals surface area contributed by atoms with Gasteiger partial charge in [-0.05, 0) is 31.2 Å². The Morgan fingerprint density at radius 1 is 1.45 bits per heavy atom. The van der Waals surface area contributed by atoms with Gasteiger partial charge in [0, 0.05) is 24.2 Å². The van der Waals surface area contributed by atoms with Crippen molar-refractivity contribution in [2.45, 2.75) is 38.3 Å². The molecular formula is C15H15N3OS. The highest BCUT2D eigenvalue weighted by molar-refractivity contribution is 7.12. The first kappa shape index (κ1) is 12.0. The molecule has 0 radical (unpaired) electrons. The molecule has 1 saturated heterocycles. The van der Waals surface area contributed by atoms with Crippen molar-refractivity contribution < 1.29 is 4.79 Å². The standard InChI is InChI=1S/C15H15N3OS/c1-9-16-8-11-12(17-9)7-10-4-5-13(11)18(10)15(19)14-3-2-6-20-14/h2-3,6,8,10,13H,4-5,7H2,1H3/t10-,13+/m0/s1. The van der Waals surface area contributed by atoms with Crippen LogP contribution in [0.15, 0.2) is 23.7 Å². The summed E-state index contributed by atoms with van der Waals surface area (Å²) in [6.45, 7) is 1.92. The summed E-state index contributed by atoms with van der Waals surface area (Å²) in [6, 6.07) is 4.31. The fourth-order valence-corrected chi connectivity index (χ4v) is 4.08. The third-order valence-electron chi connectivity index (χ3n) is 4.28. The molecule has 2 atom stereocenters. The molecule has 2 aromatic heterocycles. The Bertz CT molecular complexity index is 668. The van der Waals surface area contributed by atoms with Crippen LogP contribution in [0.1, 0.15) is 45.6 Å². The second-order valence-electron chi connectivity index (χ2n) is 5.46. The van der Waals surface area contributed by atoms with Crippen LogP contribution in [0.4, 0.5) is 0 Å². The van der Waals surface area contributed by atoms with Gasteiger partial charge in [-0.2, -0.15) is 0 Å². The Morgan fingerprint density at radius 2 is 2.35 bits per heavy atom. The lowest BCUT2D eigenvalue weighted by Gasteiger charge is -2.35. The molecule has 2 bridgehead atoms. The molecule has 5 heteroatoms. The first-order chi connectivity index (χ1) is 9.74. The van der Waals surface area contributed by atoms with Crippen LogP contribution in [0.25, 0.3) is 0 Å². The molecule has 1 amide bonds. The number of aryl methyl sites for hydroxylation is 1. The second kappa shape index (κ2) is 4.38. The molecule has 4 rings (SSSR count). The summed E-state index contributed by atoms with van der Waals surface area (Å²) in [5.41, 5.74) is 2.29. The van der Waals surface area contributed by atoms with Crippen molar-refractivity contribution in [3.63, 3.8) is 0 Å². The molecule has 0 aliphatic carbocycles. The minimum absolute atomic E-state index is 0.165. The van der Waals surface area contributed by atoms with Crippen molar-refractivity contribution in [3.05, 3.63) is 45.7 Å². The number of aromatic nitrogens is 2. The van der Waals surface area contributed by atoms with E-state index in [1.807, 2.05) is 30.6 Å². The van der Waals surface area contributed by atoms with Gasteiger partial charge in [-0.1, -0.05) is 6.07 Å². The fourth-order valence-electron chi connectivity index (χ4n) is 3.41. The van der Waals surface area contributed by atoms with Gasteiger partial charge in [0.2, 0.25) is 0 Å². The number of carbonyl (C=O) groups excluding carboxylic acids is 1. The highest BCUT2D eigenvalue weighted by atomic mass is 32.1. The minimum Gasteiger partial charge on any atom is -0.327 e. The van der Waals surface area contributed by atoms with Gasteiger partial charge in [-0.15, -0.1) is 11.3 Å². The zero-order chi connectivity index (χ0) is 13.7. The molecule has 102 valence electrons. The Labute approximate surface area is 121 Å². The largest absolute Gasteiger partial charge is 0.327 e. The maximum absolute atomic E-state index is 12.7. The number of thiophene rings is 1. The maximum Gasteiger partial charge on any atom is 0.264 e. The maximum atomic E-state index is 12.7. The minimum atomic E-state index is 0.165. The van der Waals surface area contributed by atoms with Crippen LogP contribution in [0, 0.1) is 6.92 Å².